The van der Waals surface area contributed by atoms with Gasteiger partial charge in [0.15, 0.2) is 0 Å². The van der Waals surface area contributed by atoms with Crippen molar-refractivity contribution >= 4 is 15.9 Å². The molecule has 3 aromatic rings. The lowest BCUT2D eigenvalue weighted by molar-refractivity contribution is 0.438. The van der Waals surface area contributed by atoms with Gasteiger partial charge in [-0.15, -0.1) is 0 Å². The Morgan fingerprint density at radius 1 is 0.667 bits per heavy atom. The van der Waals surface area contributed by atoms with Crippen LogP contribution in [0.2, 0.25) is 0 Å². The van der Waals surface area contributed by atoms with E-state index in [-0.39, 0.29) is 0 Å². The van der Waals surface area contributed by atoms with Gasteiger partial charge in [0, 0.05) is 12.4 Å². The van der Waals surface area contributed by atoms with Gasteiger partial charge in [-0.05, 0) is 52.3 Å². The van der Waals surface area contributed by atoms with E-state index in [9.17, 15) is 0 Å². The minimum absolute atomic E-state index is 0.301. The molecule has 0 spiro atoms. The van der Waals surface area contributed by atoms with Crippen LogP contribution in [0.3, 0.4) is 0 Å². The molecular formula is C16H11BrN2O2. The van der Waals surface area contributed by atoms with E-state index >= 15 is 0 Å². The normalized spacial score (nSPS) is 10.1. The quantitative estimate of drug-likeness (QED) is 0.681. The van der Waals surface area contributed by atoms with Crippen LogP contribution in [0.15, 0.2) is 71.5 Å². The van der Waals surface area contributed by atoms with Gasteiger partial charge >= 0.3 is 6.01 Å². The molecule has 0 radical (unpaired) electrons. The molecule has 0 saturated carbocycles. The Bertz CT molecular complexity index is 701. The van der Waals surface area contributed by atoms with Crippen molar-refractivity contribution in [2.75, 3.05) is 0 Å². The molecule has 0 unspecified atom stereocenters. The molecule has 0 aliphatic heterocycles. The van der Waals surface area contributed by atoms with E-state index in [1.165, 1.54) is 0 Å². The van der Waals surface area contributed by atoms with Gasteiger partial charge in [0.2, 0.25) is 0 Å². The maximum atomic E-state index is 5.71. The first-order chi connectivity index (χ1) is 10.3. The number of aromatic nitrogens is 2. The molecule has 0 aliphatic rings. The van der Waals surface area contributed by atoms with E-state index in [0.717, 1.165) is 16.0 Å². The maximum Gasteiger partial charge on any atom is 0.321 e. The van der Waals surface area contributed by atoms with Gasteiger partial charge in [-0.3, -0.25) is 0 Å². The van der Waals surface area contributed by atoms with E-state index in [1.54, 1.807) is 12.4 Å². The zero-order valence-corrected chi connectivity index (χ0v) is 12.5. The highest BCUT2D eigenvalue weighted by Gasteiger charge is 2.01. The average Bonchev–Trinajstić information content (AvgIpc) is 2.53. The molecule has 0 N–H and O–H groups in total. The van der Waals surface area contributed by atoms with Crippen LogP contribution in [0.5, 0.6) is 23.3 Å². The number of hydrogen-bond donors (Lipinski definition) is 0. The lowest BCUT2D eigenvalue weighted by Gasteiger charge is -2.07. The average molecular weight is 343 g/mol. The Morgan fingerprint density at radius 3 is 1.81 bits per heavy atom. The molecule has 0 aliphatic carbocycles. The third-order valence-corrected chi connectivity index (χ3v) is 3.02. The third kappa shape index (κ3) is 3.79. The van der Waals surface area contributed by atoms with Crippen molar-refractivity contribution in [1.82, 2.24) is 9.97 Å². The first-order valence-electron chi connectivity index (χ1n) is 6.28. The molecule has 1 aromatic heterocycles. The van der Waals surface area contributed by atoms with Crippen molar-refractivity contribution < 1.29 is 9.47 Å². The fraction of sp³-hybridized carbons (Fsp3) is 0. The molecule has 0 fully saturated rings. The van der Waals surface area contributed by atoms with Crippen LogP contribution in [0.1, 0.15) is 0 Å². The number of hydrogen-bond acceptors (Lipinski definition) is 4. The smallest absolute Gasteiger partial charge is 0.321 e. The van der Waals surface area contributed by atoms with E-state index < -0.39 is 0 Å². The van der Waals surface area contributed by atoms with Crippen molar-refractivity contribution in [3.63, 3.8) is 0 Å². The minimum atomic E-state index is 0.301. The highest BCUT2D eigenvalue weighted by Crippen LogP contribution is 2.25. The number of ether oxygens (including phenoxy) is 2. The largest absolute Gasteiger partial charge is 0.457 e. The molecule has 4 nitrogen and oxygen atoms in total. The van der Waals surface area contributed by atoms with Gasteiger partial charge in [-0.25, -0.2) is 9.97 Å². The van der Waals surface area contributed by atoms with Gasteiger partial charge in [-0.1, -0.05) is 18.2 Å². The molecule has 5 heteroatoms. The maximum absolute atomic E-state index is 5.71. The SMILES string of the molecule is Brc1cnc(Oc2ccc(Oc3ccccc3)cc2)nc1. The highest BCUT2D eigenvalue weighted by molar-refractivity contribution is 9.10. The standard InChI is InChI=1S/C16H11BrN2O2/c17-12-10-18-16(19-11-12)21-15-8-6-14(7-9-15)20-13-4-2-1-3-5-13/h1-11H. The van der Waals surface area contributed by atoms with Crippen LogP contribution in [0, 0.1) is 0 Å². The van der Waals surface area contributed by atoms with E-state index in [2.05, 4.69) is 25.9 Å². The Hall–Kier alpha value is -2.40. The number of para-hydroxylation sites is 1. The topological polar surface area (TPSA) is 44.2 Å². The summed E-state index contributed by atoms with van der Waals surface area (Å²) in [7, 11) is 0. The summed E-state index contributed by atoms with van der Waals surface area (Å²) in [6.07, 6.45) is 3.27. The molecule has 104 valence electrons. The van der Waals surface area contributed by atoms with Crippen LogP contribution in [-0.4, -0.2) is 9.97 Å². The summed E-state index contributed by atoms with van der Waals surface area (Å²) in [4.78, 5) is 8.10. The highest BCUT2D eigenvalue weighted by atomic mass is 79.9. The lowest BCUT2D eigenvalue weighted by Crippen LogP contribution is -1.91. The Morgan fingerprint density at radius 2 is 1.19 bits per heavy atom. The van der Waals surface area contributed by atoms with Crippen LogP contribution < -0.4 is 9.47 Å². The minimum Gasteiger partial charge on any atom is -0.457 e. The van der Waals surface area contributed by atoms with Crippen molar-refractivity contribution in [2.45, 2.75) is 0 Å². The van der Waals surface area contributed by atoms with Gasteiger partial charge < -0.3 is 9.47 Å². The molecule has 1 heterocycles. The Kier molecular flexibility index (Phi) is 4.12. The second kappa shape index (κ2) is 6.37. The van der Waals surface area contributed by atoms with Crippen LogP contribution in [-0.2, 0) is 0 Å². The van der Waals surface area contributed by atoms with Crippen molar-refractivity contribution in [1.29, 1.82) is 0 Å². The number of benzene rings is 2. The zero-order chi connectivity index (χ0) is 14.5. The summed E-state index contributed by atoms with van der Waals surface area (Å²) in [5.41, 5.74) is 0. The summed E-state index contributed by atoms with van der Waals surface area (Å²) in [6.45, 7) is 0. The molecule has 0 saturated heterocycles. The number of halogens is 1. The Balaban J connectivity index is 1.68. The molecular weight excluding hydrogens is 332 g/mol. The van der Waals surface area contributed by atoms with Gasteiger partial charge in [0.25, 0.3) is 0 Å². The second-order valence-electron chi connectivity index (χ2n) is 4.17. The first-order valence-corrected chi connectivity index (χ1v) is 7.07. The summed E-state index contributed by atoms with van der Waals surface area (Å²) in [5.74, 6) is 2.19. The number of rotatable bonds is 4. The fourth-order valence-electron chi connectivity index (χ4n) is 1.66. The number of nitrogens with zero attached hydrogens (tertiary/aromatic N) is 2. The molecule has 21 heavy (non-hydrogen) atoms. The van der Waals surface area contributed by atoms with Gasteiger partial charge in [0.05, 0.1) is 4.47 Å². The summed E-state index contributed by atoms with van der Waals surface area (Å²) >= 11 is 3.27. The molecule has 3 rings (SSSR count). The lowest BCUT2D eigenvalue weighted by atomic mass is 10.3. The van der Waals surface area contributed by atoms with E-state index in [4.69, 9.17) is 9.47 Å². The van der Waals surface area contributed by atoms with E-state index in [1.807, 2.05) is 54.6 Å². The van der Waals surface area contributed by atoms with Crippen LogP contribution in [0.4, 0.5) is 0 Å². The monoisotopic (exact) mass is 342 g/mol. The van der Waals surface area contributed by atoms with Crippen LogP contribution >= 0.6 is 15.9 Å². The van der Waals surface area contributed by atoms with Crippen LogP contribution in [0.25, 0.3) is 0 Å². The van der Waals surface area contributed by atoms with Gasteiger partial charge in [-0.2, -0.15) is 0 Å². The van der Waals surface area contributed by atoms with Crippen molar-refractivity contribution in [2.24, 2.45) is 0 Å². The first kappa shape index (κ1) is 13.6. The predicted molar refractivity (Wildman–Crippen MR) is 82.8 cm³/mol. The molecule has 0 bridgehead atoms. The van der Waals surface area contributed by atoms with E-state index in [0.29, 0.717) is 11.8 Å². The second-order valence-corrected chi connectivity index (χ2v) is 5.09. The third-order valence-electron chi connectivity index (χ3n) is 2.61. The van der Waals surface area contributed by atoms with Gasteiger partial charge in [0.1, 0.15) is 17.2 Å². The van der Waals surface area contributed by atoms with Crippen molar-refractivity contribution in [3.8, 4) is 23.3 Å². The summed E-state index contributed by atoms with van der Waals surface area (Å²) in [5, 5.41) is 0. The van der Waals surface area contributed by atoms with Crippen molar-refractivity contribution in [3.05, 3.63) is 71.5 Å². The fourth-order valence-corrected chi connectivity index (χ4v) is 1.86. The Labute approximate surface area is 130 Å². The summed E-state index contributed by atoms with van der Waals surface area (Å²) in [6, 6.07) is 17.2. The summed E-state index contributed by atoms with van der Waals surface area (Å²) < 4.78 is 12.1. The zero-order valence-electron chi connectivity index (χ0n) is 10.9. The predicted octanol–water partition coefficient (Wildman–Crippen LogP) is 4.82. The molecule has 0 atom stereocenters. The molecule has 2 aromatic carbocycles. The molecule has 0 amide bonds.